The molecule has 0 atom stereocenters. The summed E-state index contributed by atoms with van der Waals surface area (Å²) in [6, 6.07) is 21.9. The van der Waals surface area contributed by atoms with Gasteiger partial charge in [-0.15, -0.1) is 0 Å². The average Bonchev–Trinajstić information content (AvgIpc) is 3.32. The van der Waals surface area contributed by atoms with Gasteiger partial charge in [0.15, 0.2) is 0 Å². The van der Waals surface area contributed by atoms with Gasteiger partial charge in [-0.2, -0.15) is 0 Å². The molecule has 0 spiro atoms. The van der Waals surface area contributed by atoms with Crippen molar-refractivity contribution in [3.63, 3.8) is 0 Å². The van der Waals surface area contributed by atoms with Gasteiger partial charge in [0.05, 0.1) is 19.7 Å². The number of methoxy groups -OCH3 is 2. The van der Waals surface area contributed by atoms with Crippen LogP contribution in [-0.2, 0) is 6.42 Å². The third-order valence-corrected chi connectivity index (χ3v) is 6.02. The van der Waals surface area contributed by atoms with Crippen LogP contribution in [-0.4, -0.2) is 37.6 Å². The third kappa shape index (κ3) is 4.46. The van der Waals surface area contributed by atoms with Crippen LogP contribution in [0.2, 0.25) is 0 Å². The Balaban J connectivity index is 1.27. The topological polar surface area (TPSA) is 92.8 Å². The van der Waals surface area contributed by atoms with Gasteiger partial charge in [0, 0.05) is 34.8 Å². The van der Waals surface area contributed by atoms with Crippen LogP contribution in [0.4, 0.5) is 11.5 Å². The standard InChI is InChI=1S/C27H24N4O4/c1-34-22-10-5-18(6-11-22)27(33)30-29-26(32)17-3-8-21(9-4-17)31-14-13-20-15-19-7-12-23(35-2)16-24(19)28-25(20)31/h3-12,15-16H,13-14H2,1-2H3,(H,29,32)(H,30,33). The van der Waals surface area contributed by atoms with Crippen molar-refractivity contribution in [2.45, 2.75) is 6.42 Å². The molecule has 0 saturated carbocycles. The van der Waals surface area contributed by atoms with Gasteiger partial charge >= 0.3 is 0 Å². The van der Waals surface area contributed by atoms with Gasteiger partial charge in [-0.1, -0.05) is 0 Å². The molecule has 0 radical (unpaired) electrons. The number of carbonyl (C=O) groups excluding carboxylic acids is 2. The zero-order valence-electron chi connectivity index (χ0n) is 19.4. The van der Waals surface area contributed by atoms with Crippen molar-refractivity contribution in [3.8, 4) is 11.5 Å². The number of benzene rings is 3. The molecule has 1 aliphatic heterocycles. The van der Waals surface area contributed by atoms with Crippen LogP contribution in [0.5, 0.6) is 11.5 Å². The van der Waals surface area contributed by atoms with Crippen LogP contribution >= 0.6 is 0 Å². The normalized spacial score (nSPS) is 12.2. The van der Waals surface area contributed by atoms with Crippen LogP contribution in [0, 0.1) is 0 Å². The predicted molar refractivity (Wildman–Crippen MR) is 133 cm³/mol. The summed E-state index contributed by atoms with van der Waals surface area (Å²) in [5, 5.41) is 1.08. The molecule has 176 valence electrons. The number of hydrogen-bond acceptors (Lipinski definition) is 6. The summed E-state index contributed by atoms with van der Waals surface area (Å²) in [6.07, 6.45) is 0.893. The lowest BCUT2D eigenvalue weighted by Gasteiger charge is -2.19. The lowest BCUT2D eigenvalue weighted by Crippen LogP contribution is -2.41. The monoisotopic (exact) mass is 468 g/mol. The number of ether oxygens (including phenoxy) is 2. The van der Waals surface area contributed by atoms with Crippen LogP contribution in [0.1, 0.15) is 26.3 Å². The summed E-state index contributed by atoms with van der Waals surface area (Å²) in [4.78, 5) is 31.8. The van der Waals surface area contributed by atoms with E-state index in [9.17, 15) is 9.59 Å². The maximum absolute atomic E-state index is 12.5. The van der Waals surface area contributed by atoms with E-state index in [1.165, 1.54) is 5.56 Å². The lowest BCUT2D eigenvalue weighted by molar-refractivity contribution is 0.0846. The van der Waals surface area contributed by atoms with Crippen molar-refractivity contribution in [2.75, 3.05) is 25.7 Å². The van der Waals surface area contributed by atoms with Crippen molar-refractivity contribution in [3.05, 3.63) is 89.5 Å². The Hall–Kier alpha value is -4.59. The molecule has 2 N–H and O–H groups in total. The summed E-state index contributed by atoms with van der Waals surface area (Å²) in [6.45, 7) is 0.805. The second-order valence-corrected chi connectivity index (χ2v) is 8.11. The smallest absolute Gasteiger partial charge is 0.269 e. The first-order valence-corrected chi connectivity index (χ1v) is 11.2. The number of fused-ring (bicyclic) bond motifs is 2. The minimum absolute atomic E-state index is 0.406. The summed E-state index contributed by atoms with van der Waals surface area (Å²) < 4.78 is 10.4. The number of nitrogens with one attached hydrogen (secondary N) is 2. The fourth-order valence-corrected chi connectivity index (χ4v) is 4.11. The summed E-state index contributed by atoms with van der Waals surface area (Å²) in [5.41, 5.74) is 8.73. The minimum Gasteiger partial charge on any atom is -0.497 e. The first kappa shape index (κ1) is 22.2. The second-order valence-electron chi connectivity index (χ2n) is 8.11. The Bertz CT molecular complexity index is 1400. The molecule has 35 heavy (non-hydrogen) atoms. The molecule has 0 saturated heterocycles. The SMILES string of the molecule is COc1ccc(C(=O)NNC(=O)c2ccc(N3CCc4cc5ccc(OC)cc5nc43)cc2)cc1. The summed E-state index contributed by atoms with van der Waals surface area (Å²) in [7, 11) is 3.20. The number of hydrogen-bond donors (Lipinski definition) is 2. The van der Waals surface area contributed by atoms with Crippen molar-refractivity contribution in [1.82, 2.24) is 15.8 Å². The molecule has 1 aromatic heterocycles. The number of hydrazine groups is 1. The van der Waals surface area contributed by atoms with Crippen LogP contribution in [0.15, 0.2) is 72.8 Å². The van der Waals surface area contributed by atoms with Gasteiger partial charge in [-0.05, 0) is 78.7 Å². The van der Waals surface area contributed by atoms with Crippen molar-refractivity contribution in [1.29, 1.82) is 0 Å². The molecule has 8 heteroatoms. The number of amides is 2. The summed E-state index contributed by atoms with van der Waals surface area (Å²) in [5.74, 6) is 1.51. The first-order chi connectivity index (χ1) is 17.1. The van der Waals surface area contributed by atoms with Gasteiger partial charge in [0.2, 0.25) is 0 Å². The molecule has 8 nitrogen and oxygen atoms in total. The number of nitrogens with zero attached hydrogens (tertiary/aromatic N) is 2. The molecular formula is C27H24N4O4. The Labute approximate surface area is 202 Å². The van der Waals surface area contributed by atoms with E-state index in [0.29, 0.717) is 16.9 Å². The van der Waals surface area contributed by atoms with Gasteiger partial charge in [-0.25, -0.2) is 4.98 Å². The molecule has 4 aromatic rings. The highest BCUT2D eigenvalue weighted by atomic mass is 16.5. The predicted octanol–water partition coefficient (Wildman–Crippen LogP) is 4.02. The van der Waals surface area contributed by atoms with Gasteiger partial charge in [0.1, 0.15) is 17.3 Å². The molecule has 0 aliphatic carbocycles. The maximum atomic E-state index is 12.5. The second kappa shape index (κ2) is 9.34. The molecule has 2 amide bonds. The number of rotatable bonds is 5. The average molecular weight is 469 g/mol. The number of aromatic nitrogens is 1. The zero-order chi connectivity index (χ0) is 24.4. The van der Waals surface area contributed by atoms with Crippen molar-refractivity contribution in [2.24, 2.45) is 0 Å². The molecule has 2 heterocycles. The van der Waals surface area contributed by atoms with E-state index in [2.05, 4.69) is 21.8 Å². The maximum Gasteiger partial charge on any atom is 0.269 e. The number of carbonyl (C=O) groups is 2. The fourth-order valence-electron chi connectivity index (χ4n) is 4.11. The number of anilines is 2. The molecule has 0 unspecified atom stereocenters. The molecular weight excluding hydrogens is 444 g/mol. The van der Waals surface area contributed by atoms with E-state index >= 15 is 0 Å². The first-order valence-electron chi connectivity index (χ1n) is 11.2. The van der Waals surface area contributed by atoms with Crippen molar-refractivity contribution >= 4 is 34.2 Å². The highest BCUT2D eigenvalue weighted by molar-refractivity contribution is 5.99. The van der Waals surface area contributed by atoms with E-state index < -0.39 is 11.8 Å². The molecule has 5 rings (SSSR count). The quantitative estimate of drug-likeness (QED) is 0.430. The largest absolute Gasteiger partial charge is 0.497 e. The Morgan fingerprint density at radius 3 is 2.03 bits per heavy atom. The van der Waals surface area contributed by atoms with Crippen LogP contribution < -0.4 is 25.2 Å². The highest BCUT2D eigenvalue weighted by Gasteiger charge is 2.23. The molecule has 3 aromatic carbocycles. The van der Waals surface area contributed by atoms with Crippen molar-refractivity contribution < 1.29 is 19.1 Å². The summed E-state index contributed by atoms with van der Waals surface area (Å²) >= 11 is 0. The minimum atomic E-state index is -0.416. The van der Waals surface area contributed by atoms with Crippen LogP contribution in [0.3, 0.4) is 0 Å². The number of pyridine rings is 1. The van der Waals surface area contributed by atoms with Gasteiger partial charge in [-0.3, -0.25) is 20.4 Å². The Kier molecular flexibility index (Phi) is 5.93. The fraction of sp³-hybridized carbons (Fsp3) is 0.148. The highest BCUT2D eigenvalue weighted by Crippen LogP contribution is 2.35. The van der Waals surface area contributed by atoms with E-state index in [1.54, 1.807) is 50.6 Å². The van der Waals surface area contributed by atoms with E-state index in [0.717, 1.165) is 41.1 Å². The van der Waals surface area contributed by atoms with Crippen LogP contribution in [0.25, 0.3) is 10.9 Å². The van der Waals surface area contributed by atoms with Gasteiger partial charge < -0.3 is 14.4 Å². The Morgan fingerprint density at radius 2 is 1.40 bits per heavy atom. The Morgan fingerprint density at radius 1 is 0.800 bits per heavy atom. The van der Waals surface area contributed by atoms with Gasteiger partial charge in [0.25, 0.3) is 11.8 Å². The third-order valence-electron chi connectivity index (χ3n) is 6.02. The lowest BCUT2D eigenvalue weighted by atomic mass is 10.1. The molecule has 0 fully saturated rings. The van der Waals surface area contributed by atoms with E-state index in [1.807, 2.05) is 30.3 Å². The molecule has 1 aliphatic rings. The van der Waals surface area contributed by atoms with E-state index in [4.69, 9.17) is 14.5 Å². The molecule has 0 bridgehead atoms. The van der Waals surface area contributed by atoms with E-state index in [-0.39, 0.29) is 0 Å². The zero-order valence-corrected chi connectivity index (χ0v) is 19.4.